The number of carbonyl (C=O) groups excluding carboxylic acids is 3. The van der Waals surface area contributed by atoms with Gasteiger partial charge in [0.15, 0.2) is 6.10 Å². The summed E-state index contributed by atoms with van der Waals surface area (Å²) >= 11 is 0. The minimum atomic E-state index is -0.758. The number of unbranched alkanes of at least 4 members (excludes halogenated alkanes) is 28. The van der Waals surface area contributed by atoms with Gasteiger partial charge in [0.25, 0.3) is 0 Å². The maximum absolute atomic E-state index is 12.7. The highest BCUT2D eigenvalue weighted by molar-refractivity contribution is 5.71. The van der Waals surface area contributed by atoms with Crippen LogP contribution in [-0.4, -0.2) is 37.2 Å². The number of hydrogen-bond acceptors (Lipinski definition) is 6. The van der Waals surface area contributed by atoms with Crippen LogP contribution >= 0.6 is 0 Å². The molecule has 0 aromatic rings. The van der Waals surface area contributed by atoms with E-state index in [1.807, 2.05) is 0 Å². The molecule has 308 valence electrons. The van der Waals surface area contributed by atoms with E-state index in [9.17, 15) is 14.4 Å². The molecular formula is C46H88O6. The Morgan fingerprint density at radius 3 is 0.942 bits per heavy atom. The van der Waals surface area contributed by atoms with Gasteiger partial charge in [-0.05, 0) is 25.2 Å². The summed E-state index contributed by atoms with van der Waals surface area (Å²) in [6.45, 7) is 8.89. The van der Waals surface area contributed by atoms with Crippen LogP contribution < -0.4 is 0 Å². The molecule has 1 atom stereocenters. The topological polar surface area (TPSA) is 78.9 Å². The molecule has 0 amide bonds. The normalized spacial score (nSPS) is 11.9. The van der Waals surface area contributed by atoms with Crippen LogP contribution in [0.15, 0.2) is 0 Å². The number of hydrogen-bond donors (Lipinski definition) is 0. The van der Waals surface area contributed by atoms with Crippen molar-refractivity contribution >= 4 is 17.9 Å². The molecule has 0 spiro atoms. The summed E-state index contributed by atoms with van der Waals surface area (Å²) in [6, 6.07) is 0. The average Bonchev–Trinajstić information content (AvgIpc) is 3.12. The summed E-state index contributed by atoms with van der Waals surface area (Å²) in [5.74, 6) is -0.0735. The molecule has 0 heterocycles. The molecule has 0 radical (unpaired) electrons. The van der Waals surface area contributed by atoms with Gasteiger partial charge in [-0.15, -0.1) is 0 Å². The van der Waals surface area contributed by atoms with E-state index in [1.165, 1.54) is 141 Å². The van der Waals surface area contributed by atoms with Gasteiger partial charge in [0, 0.05) is 19.3 Å². The van der Waals surface area contributed by atoms with Crippen molar-refractivity contribution in [3.63, 3.8) is 0 Å². The molecule has 0 rings (SSSR count). The van der Waals surface area contributed by atoms with Crippen LogP contribution in [0, 0.1) is 5.92 Å². The highest BCUT2D eigenvalue weighted by Crippen LogP contribution is 2.16. The first-order chi connectivity index (χ1) is 25.4. The van der Waals surface area contributed by atoms with Gasteiger partial charge >= 0.3 is 17.9 Å². The van der Waals surface area contributed by atoms with Gasteiger partial charge in [0.05, 0.1) is 0 Å². The molecule has 0 bridgehead atoms. The number of carbonyl (C=O) groups is 3. The molecule has 0 unspecified atom stereocenters. The molecular weight excluding hydrogens is 648 g/mol. The molecule has 0 fully saturated rings. The standard InChI is InChI=1S/C46H88O6/c1-5-7-9-11-12-13-14-15-16-17-18-19-20-21-22-27-31-35-39-46(49)52-43(40-50-44(47)37-33-28-10-8-6-2)41-51-45(48)38-34-30-26-24-23-25-29-32-36-42(3)4/h42-43H,5-41H2,1-4H3/t43-/m1/s1. The van der Waals surface area contributed by atoms with Crippen molar-refractivity contribution in [3.05, 3.63) is 0 Å². The summed E-state index contributed by atoms with van der Waals surface area (Å²) in [5, 5.41) is 0. The molecule has 52 heavy (non-hydrogen) atoms. The maximum Gasteiger partial charge on any atom is 0.306 e. The van der Waals surface area contributed by atoms with Crippen LogP contribution in [0.5, 0.6) is 0 Å². The molecule has 0 saturated heterocycles. The third-order valence-electron chi connectivity index (χ3n) is 10.3. The maximum atomic E-state index is 12.7. The van der Waals surface area contributed by atoms with Gasteiger partial charge in [-0.3, -0.25) is 14.4 Å². The summed E-state index contributed by atoms with van der Waals surface area (Å²) in [7, 11) is 0. The second-order valence-electron chi connectivity index (χ2n) is 16.2. The Balaban J connectivity index is 4.14. The summed E-state index contributed by atoms with van der Waals surface area (Å²) in [6.07, 6.45) is 39.8. The molecule has 0 aromatic heterocycles. The van der Waals surface area contributed by atoms with Gasteiger partial charge in [-0.25, -0.2) is 0 Å². The predicted octanol–water partition coefficient (Wildman–Crippen LogP) is 14.3. The number of ether oxygens (including phenoxy) is 3. The first kappa shape index (κ1) is 50.4. The molecule has 0 aliphatic rings. The third-order valence-corrected chi connectivity index (χ3v) is 10.3. The van der Waals surface area contributed by atoms with Crippen molar-refractivity contribution in [2.75, 3.05) is 13.2 Å². The highest BCUT2D eigenvalue weighted by Gasteiger charge is 2.19. The molecule has 0 aromatic carbocycles. The Labute approximate surface area is 323 Å². The molecule has 0 saturated carbocycles. The first-order valence-electron chi connectivity index (χ1n) is 22.9. The van der Waals surface area contributed by atoms with E-state index in [2.05, 4.69) is 27.7 Å². The van der Waals surface area contributed by atoms with E-state index in [0.29, 0.717) is 19.3 Å². The Kier molecular flexibility index (Phi) is 39.4. The Hall–Kier alpha value is -1.59. The van der Waals surface area contributed by atoms with Crippen LogP contribution in [0.4, 0.5) is 0 Å². The van der Waals surface area contributed by atoms with Crippen LogP contribution in [0.25, 0.3) is 0 Å². The van der Waals surface area contributed by atoms with Crippen molar-refractivity contribution in [2.45, 2.75) is 259 Å². The average molecular weight is 737 g/mol. The lowest BCUT2D eigenvalue weighted by Crippen LogP contribution is -2.30. The lowest BCUT2D eigenvalue weighted by Gasteiger charge is -2.18. The van der Waals surface area contributed by atoms with Gasteiger partial charge in [-0.1, -0.05) is 214 Å². The minimum absolute atomic E-state index is 0.0656. The van der Waals surface area contributed by atoms with E-state index in [4.69, 9.17) is 14.2 Å². The van der Waals surface area contributed by atoms with Crippen molar-refractivity contribution in [1.82, 2.24) is 0 Å². The van der Waals surface area contributed by atoms with Crippen LogP contribution in [0.3, 0.4) is 0 Å². The second-order valence-corrected chi connectivity index (χ2v) is 16.2. The van der Waals surface area contributed by atoms with E-state index >= 15 is 0 Å². The number of esters is 3. The highest BCUT2D eigenvalue weighted by atomic mass is 16.6. The monoisotopic (exact) mass is 737 g/mol. The number of rotatable bonds is 41. The summed E-state index contributed by atoms with van der Waals surface area (Å²) in [4.78, 5) is 37.4. The van der Waals surface area contributed by atoms with Crippen molar-refractivity contribution in [3.8, 4) is 0 Å². The van der Waals surface area contributed by atoms with E-state index in [-0.39, 0.29) is 31.1 Å². The largest absolute Gasteiger partial charge is 0.462 e. The van der Waals surface area contributed by atoms with Gasteiger partial charge in [0.2, 0.25) is 0 Å². The zero-order valence-corrected chi connectivity index (χ0v) is 35.3. The fraction of sp³-hybridized carbons (Fsp3) is 0.935. The Bertz CT molecular complexity index is 781. The molecule has 0 aliphatic carbocycles. The van der Waals surface area contributed by atoms with Gasteiger partial charge < -0.3 is 14.2 Å². The lowest BCUT2D eigenvalue weighted by atomic mass is 10.0. The van der Waals surface area contributed by atoms with Crippen molar-refractivity contribution in [2.24, 2.45) is 5.92 Å². The lowest BCUT2D eigenvalue weighted by molar-refractivity contribution is -0.167. The van der Waals surface area contributed by atoms with Gasteiger partial charge in [0.1, 0.15) is 13.2 Å². The molecule has 0 N–H and O–H groups in total. The summed E-state index contributed by atoms with van der Waals surface area (Å²) < 4.78 is 16.6. The van der Waals surface area contributed by atoms with Gasteiger partial charge in [-0.2, -0.15) is 0 Å². The van der Waals surface area contributed by atoms with E-state index < -0.39 is 6.10 Å². The predicted molar refractivity (Wildman–Crippen MR) is 220 cm³/mol. The quantitative estimate of drug-likeness (QED) is 0.0353. The molecule has 0 aliphatic heterocycles. The fourth-order valence-electron chi connectivity index (χ4n) is 6.80. The zero-order valence-electron chi connectivity index (χ0n) is 35.3. The SMILES string of the molecule is CCCCCCCCCCCCCCCCCCCCC(=O)O[C@H](COC(=O)CCCCCCC)COC(=O)CCCCCCCCCCC(C)C. The van der Waals surface area contributed by atoms with E-state index in [1.54, 1.807) is 0 Å². The van der Waals surface area contributed by atoms with Crippen molar-refractivity contribution in [1.29, 1.82) is 0 Å². The first-order valence-corrected chi connectivity index (χ1v) is 22.9. The van der Waals surface area contributed by atoms with Crippen LogP contribution in [0.2, 0.25) is 0 Å². The smallest absolute Gasteiger partial charge is 0.306 e. The zero-order chi connectivity index (χ0) is 38.2. The Morgan fingerprint density at radius 2 is 0.635 bits per heavy atom. The van der Waals surface area contributed by atoms with E-state index in [0.717, 1.165) is 70.1 Å². The minimum Gasteiger partial charge on any atom is -0.462 e. The fourth-order valence-corrected chi connectivity index (χ4v) is 6.80. The van der Waals surface area contributed by atoms with Crippen LogP contribution in [0.1, 0.15) is 252 Å². The van der Waals surface area contributed by atoms with Crippen LogP contribution in [-0.2, 0) is 28.6 Å². The Morgan fingerprint density at radius 1 is 0.365 bits per heavy atom. The third kappa shape index (κ3) is 39.6. The second kappa shape index (κ2) is 40.6. The molecule has 6 heteroatoms. The molecule has 6 nitrogen and oxygen atoms in total. The van der Waals surface area contributed by atoms with Crippen molar-refractivity contribution < 1.29 is 28.6 Å². The summed E-state index contributed by atoms with van der Waals surface area (Å²) in [5.41, 5.74) is 0.